The van der Waals surface area contributed by atoms with Crippen molar-refractivity contribution in [2.45, 2.75) is 32.3 Å². The molecule has 2 heterocycles. The molecule has 0 saturated carbocycles. The molecule has 1 aromatic rings. The van der Waals surface area contributed by atoms with Gasteiger partial charge in [-0.05, 0) is 0 Å². The normalized spacial score (nSPS) is 25.2. The van der Waals surface area contributed by atoms with Crippen LogP contribution in [0.4, 0.5) is 0 Å². The lowest BCUT2D eigenvalue weighted by Crippen LogP contribution is -2.39. The third-order valence-corrected chi connectivity index (χ3v) is 6.16. The smallest absolute Gasteiger partial charge is 0.465 e. The number of nitrogens with zero attached hydrogens (tertiary/aromatic N) is 1. The number of nitrogens with one attached hydrogen (secondary N) is 1. The Hall–Kier alpha value is -2.16. The second-order valence-electron chi connectivity index (χ2n) is 6.46. The zero-order chi connectivity index (χ0) is 24.3. The van der Waals surface area contributed by atoms with Crippen LogP contribution in [0.2, 0.25) is 0 Å². The topological polar surface area (TPSA) is 230 Å². The molecule has 5 atom stereocenters. The zero-order valence-corrected chi connectivity index (χ0v) is 18.3. The molecule has 180 valence electrons. The summed E-state index contributed by atoms with van der Waals surface area (Å²) in [4.78, 5) is 75.3. The van der Waals surface area contributed by atoms with Gasteiger partial charge in [-0.2, -0.15) is 4.31 Å². The van der Waals surface area contributed by atoms with E-state index in [2.05, 4.69) is 8.83 Å². The number of hydrogen-bond acceptors (Lipinski definition) is 11. The Labute approximate surface area is 178 Å². The van der Waals surface area contributed by atoms with Gasteiger partial charge in [0.1, 0.15) is 6.61 Å². The van der Waals surface area contributed by atoms with Gasteiger partial charge in [0.25, 0.3) is 5.56 Å². The molecule has 18 heteroatoms. The van der Waals surface area contributed by atoms with Gasteiger partial charge in [-0.15, -0.1) is 0 Å². The predicted molar refractivity (Wildman–Crippen MR) is 99.8 cm³/mol. The molecule has 0 spiro atoms. The van der Waals surface area contributed by atoms with E-state index in [4.69, 9.17) is 24.0 Å². The molecule has 32 heavy (non-hydrogen) atoms. The molecule has 0 amide bonds. The molecule has 0 bridgehead atoms. The number of rotatable bonds is 9. The first kappa shape index (κ1) is 26.1. The number of carbonyl (C=O) groups is 2. The number of aromatic amines is 1. The van der Waals surface area contributed by atoms with E-state index in [1.807, 2.05) is 4.98 Å². The summed E-state index contributed by atoms with van der Waals surface area (Å²) >= 11 is 0. The van der Waals surface area contributed by atoms with Crippen LogP contribution in [0.3, 0.4) is 0 Å². The highest BCUT2D eigenvalue weighted by Crippen LogP contribution is 2.57. The molecular formula is C14H20N2O14P2. The van der Waals surface area contributed by atoms with Crippen molar-refractivity contribution >= 4 is 27.6 Å². The first-order valence-electron chi connectivity index (χ1n) is 8.70. The molecule has 1 aliphatic rings. The maximum Gasteiger partial charge on any atom is 0.481 e. The van der Waals surface area contributed by atoms with Gasteiger partial charge in [-0.25, -0.2) is 13.9 Å². The number of carbonyl (C=O) groups excluding carboxylic acids is 2. The maximum atomic E-state index is 12.2. The fourth-order valence-electron chi connectivity index (χ4n) is 2.87. The fraction of sp³-hybridized carbons (Fsp3) is 0.571. The Kier molecular flexibility index (Phi) is 8.31. The van der Waals surface area contributed by atoms with E-state index in [0.29, 0.717) is 0 Å². The molecule has 0 aliphatic carbocycles. The van der Waals surface area contributed by atoms with Crippen LogP contribution in [-0.4, -0.2) is 61.6 Å². The molecule has 1 saturated heterocycles. The number of ether oxygens (including phenoxy) is 3. The van der Waals surface area contributed by atoms with Crippen molar-refractivity contribution in [1.82, 2.24) is 9.55 Å². The Morgan fingerprint density at radius 3 is 2.34 bits per heavy atom. The molecule has 1 fully saturated rings. The number of H-pyrrole nitrogens is 1. The van der Waals surface area contributed by atoms with Crippen LogP contribution in [0.25, 0.3) is 0 Å². The van der Waals surface area contributed by atoms with Gasteiger partial charge in [0.2, 0.25) is 0 Å². The molecular weight excluding hydrogens is 482 g/mol. The summed E-state index contributed by atoms with van der Waals surface area (Å²) in [6.07, 6.45) is -2.95. The third-order valence-electron chi connectivity index (χ3n) is 4.01. The van der Waals surface area contributed by atoms with E-state index in [1.54, 1.807) is 0 Å². The minimum absolute atomic E-state index is 0.453. The highest BCUT2D eigenvalue weighted by Gasteiger charge is 2.49. The number of phosphoric ester groups is 1. The second kappa shape index (κ2) is 10.2. The predicted octanol–water partition coefficient (Wildman–Crippen LogP) is -1.23. The van der Waals surface area contributed by atoms with E-state index < -0.39 is 76.4 Å². The molecule has 1 aliphatic heterocycles. The summed E-state index contributed by atoms with van der Waals surface area (Å²) in [5.41, 5.74) is -1.66. The second-order valence-corrected chi connectivity index (χ2v) is 9.29. The third kappa shape index (κ3) is 7.46. The Bertz CT molecular complexity index is 1060. The minimum Gasteiger partial charge on any atom is -0.465 e. The Balaban J connectivity index is 2.37. The van der Waals surface area contributed by atoms with Crippen molar-refractivity contribution < 1.29 is 56.4 Å². The SMILES string of the molecule is CC(=O)OC[C@H]1[C@@H](OC(C)=O)[C@H](n2ccc(=O)[nH]c2=O)O[C@@H]1COP(=O)(O)OP(=O)(O)O. The zero-order valence-electron chi connectivity index (χ0n) is 16.6. The van der Waals surface area contributed by atoms with Crippen LogP contribution < -0.4 is 11.2 Å². The number of aromatic nitrogens is 2. The monoisotopic (exact) mass is 502 g/mol. The van der Waals surface area contributed by atoms with Gasteiger partial charge in [-0.1, -0.05) is 0 Å². The van der Waals surface area contributed by atoms with Crippen LogP contribution in [0.15, 0.2) is 21.9 Å². The summed E-state index contributed by atoms with van der Waals surface area (Å²) in [5.74, 6) is -2.61. The average Bonchev–Trinajstić information content (AvgIpc) is 2.93. The average molecular weight is 502 g/mol. The highest BCUT2D eigenvalue weighted by atomic mass is 31.3. The summed E-state index contributed by atoms with van der Waals surface area (Å²) in [5, 5.41) is 0. The van der Waals surface area contributed by atoms with Gasteiger partial charge in [-0.3, -0.25) is 28.5 Å². The van der Waals surface area contributed by atoms with Crippen LogP contribution in [0.5, 0.6) is 0 Å². The largest absolute Gasteiger partial charge is 0.481 e. The van der Waals surface area contributed by atoms with Crippen molar-refractivity contribution in [3.05, 3.63) is 33.1 Å². The number of hydrogen-bond donors (Lipinski definition) is 4. The molecule has 0 radical (unpaired) electrons. The first-order valence-corrected chi connectivity index (χ1v) is 11.7. The highest BCUT2D eigenvalue weighted by molar-refractivity contribution is 7.60. The van der Waals surface area contributed by atoms with Crippen molar-refractivity contribution in [1.29, 1.82) is 0 Å². The molecule has 0 aromatic carbocycles. The van der Waals surface area contributed by atoms with Crippen LogP contribution in [-0.2, 0) is 41.8 Å². The van der Waals surface area contributed by atoms with Gasteiger partial charge in [0.05, 0.1) is 18.6 Å². The number of esters is 2. The summed E-state index contributed by atoms with van der Waals surface area (Å²) in [6, 6.07) is 0.982. The van der Waals surface area contributed by atoms with E-state index in [9.17, 15) is 33.2 Å². The van der Waals surface area contributed by atoms with Crippen molar-refractivity contribution in [3.8, 4) is 0 Å². The molecule has 16 nitrogen and oxygen atoms in total. The lowest BCUT2D eigenvalue weighted by atomic mass is 9.99. The summed E-state index contributed by atoms with van der Waals surface area (Å²) < 4.78 is 47.4. The van der Waals surface area contributed by atoms with E-state index in [-0.39, 0.29) is 0 Å². The lowest BCUT2D eigenvalue weighted by molar-refractivity contribution is -0.155. The maximum absolute atomic E-state index is 12.2. The molecule has 4 N–H and O–H groups in total. The van der Waals surface area contributed by atoms with Gasteiger partial charge >= 0.3 is 33.3 Å². The Morgan fingerprint density at radius 1 is 1.16 bits per heavy atom. The summed E-state index contributed by atoms with van der Waals surface area (Å²) in [6.45, 7) is 0.828. The summed E-state index contributed by atoms with van der Waals surface area (Å²) in [7, 11) is -10.6. The molecule has 1 unspecified atom stereocenters. The van der Waals surface area contributed by atoms with Crippen molar-refractivity contribution in [2.75, 3.05) is 13.2 Å². The molecule has 2 rings (SSSR count). The van der Waals surface area contributed by atoms with Crippen molar-refractivity contribution in [2.24, 2.45) is 5.92 Å². The van der Waals surface area contributed by atoms with Gasteiger partial charge < -0.3 is 28.9 Å². The standard InChI is InChI=1S/C14H20N2O14P2/c1-7(17)26-5-9-10(6-27-32(24,25)30-31(21,22)23)29-13(12(9)28-8(2)18)16-4-3-11(19)15-14(16)20/h3-4,9-10,12-13H,5-6H2,1-2H3,(H,24,25)(H,15,19,20)(H2,21,22,23)/t9-,10-,12-,13-/m1/s1. The minimum atomic E-state index is -5.39. The number of phosphoric acid groups is 2. The quantitative estimate of drug-likeness (QED) is 0.229. The Morgan fingerprint density at radius 2 is 1.81 bits per heavy atom. The van der Waals surface area contributed by atoms with E-state index in [0.717, 1.165) is 30.7 Å². The van der Waals surface area contributed by atoms with Gasteiger partial charge in [0.15, 0.2) is 12.3 Å². The fourth-order valence-corrected chi connectivity index (χ4v) is 4.47. The first-order chi connectivity index (χ1) is 14.7. The van der Waals surface area contributed by atoms with Gasteiger partial charge in [0, 0.05) is 26.1 Å². The lowest BCUT2D eigenvalue weighted by Gasteiger charge is -2.24. The van der Waals surface area contributed by atoms with Crippen LogP contribution in [0, 0.1) is 5.92 Å². The van der Waals surface area contributed by atoms with Crippen LogP contribution in [0.1, 0.15) is 20.1 Å². The van der Waals surface area contributed by atoms with Crippen molar-refractivity contribution in [3.63, 3.8) is 0 Å². The van der Waals surface area contributed by atoms with Crippen LogP contribution >= 0.6 is 15.6 Å². The molecule has 1 aromatic heterocycles. The van der Waals surface area contributed by atoms with E-state index >= 15 is 0 Å². The van der Waals surface area contributed by atoms with E-state index in [1.165, 1.54) is 0 Å².